The first kappa shape index (κ1) is 22.5. The highest BCUT2D eigenvalue weighted by molar-refractivity contribution is 7.92. The van der Waals surface area contributed by atoms with E-state index in [4.69, 9.17) is 9.47 Å². The number of hydrogen-bond donors (Lipinski definition) is 2. The van der Waals surface area contributed by atoms with Gasteiger partial charge in [0.2, 0.25) is 10.0 Å². The van der Waals surface area contributed by atoms with E-state index < -0.39 is 10.0 Å². The Hall–Kier alpha value is -2.74. The molecular weight excluding hydrogens is 392 g/mol. The van der Waals surface area contributed by atoms with Gasteiger partial charge in [-0.3, -0.25) is 9.52 Å². The van der Waals surface area contributed by atoms with Crippen molar-refractivity contribution >= 4 is 27.3 Å². The summed E-state index contributed by atoms with van der Waals surface area (Å²) in [5.74, 6) is 0.805. The van der Waals surface area contributed by atoms with Crippen molar-refractivity contribution in [1.82, 2.24) is 0 Å². The summed E-state index contributed by atoms with van der Waals surface area (Å²) >= 11 is 0. The molecule has 0 unspecified atom stereocenters. The Labute approximate surface area is 172 Å². The summed E-state index contributed by atoms with van der Waals surface area (Å²) in [6.45, 7) is 2.77. The lowest BCUT2D eigenvalue weighted by atomic mass is 10.1. The quantitative estimate of drug-likeness (QED) is 0.529. The monoisotopic (exact) mass is 420 g/mol. The maximum Gasteiger partial charge on any atom is 0.255 e. The third-order valence-corrected chi connectivity index (χ3v) is 4.73. The van der Waals surface area contributed by atoms with Gasteiger partial charge in [-0.2, -0.15) is 0 Å². The number of methoxy groups -OCH3 is 1. The third kappa shape index (κ3) is 7.65. The van der Waals surface area contributed by atoms with E-state index >= 15 is 0 Å². The lowest BCUT2D eigenvalue weighted by Gasteiger charge is -2.12. The maximum absolute atomic E-state index is 12.5. The smallest absolute Gasteiger partial charge is 0.255 e. The molecule has 2 N–H and O–H groups in total. The fourth-order valence-corrected chi connectivity index (χ4v) is 3.24. The van der Waals surface area contributed by atoms with Crippen LogP contribution in [0, 0.1) is 0 Å². The van der Waals surface area contributed by atoms with E-state index in [1.807, 2.05) is 0 Å². The molecule has 0 atom stereocenters. The van der Waals surface area contributed by atoms with E-state index in [1.54, 1.807) is 42.5 Å². The lowest BCUT2D eigenvalue weighted by molar-refractivity contribution is 0.102. The highest BCUT2D eigenvalue weighted by Gasteiger charge is 2.12. The maximum atomic E-state index is 12.5. The van der Waals surface area contributed by atoms with Crippen LogP contribution in [-0.2, 0) is 10.0 Å². The zero-order valence-electron chi connectivity index (χ0n) is 17.0. The number of ether oxygens (including phenoxy) is 2. The van der Waals surface area contributed by atoms with Gasteiger partial charge in [-0.1, -0.05) is 26.2 Å². The van der Waals surface area contributed by atoms with E-state index in [9.17, 15) is 13.2 Å². The van der Waals surface area contributed by atoms with Gasteiger partial charge in [0.25, 0.3) is 5.91 Å². The molecule has 0 saturated carbocycles. The summed E-state index contributed by atoms with van der Waals surface area (Å²) in [5.41, 5.74) is 1.40. The Balaban J connectivity index is 1.99. The average Bonchev–Trinajstić information content (AvgIpc) is 2.68. The molecule has 29 heavy (non-hydrogen) atoms. The molecular formula is C21H28N2O5S. The minimum atomic E-state index is -3.34. The Bertz CT molecular complexity index is 911. The summed E-state index contributed by atoms with van der Waals surface area (Å²) in [6.07, 6.45) is 5.53. The molecule has 0 saturated heterocycles. The van der Waals surface area contributed by atoms with Crippen LogP contribution in [0.25, 0.3) is 0 Å². The van der Waals surface area contributed by atoms with Crippen molar-refractivity contribution in [3.05, 3.63) is 48.0 Å². The predicted octanol–water partition coefficient (Wildman–Crippen LogP) is 4.28. The van der Waals surface area contributed by atoms with E-state index in [0.29, 0.717) is 35.0 Å². The molecule has 0 spiro atoms. The van der Waals surface area contributed by atoms with Crippen LogP contribution < -0.4 is 19.5 Å². The molecule has 0 heterocycles. The van der Waals surface area contributed by atoms with Gasteiger partial charge in [0, 0.05) is 16.9 Å². The Morgan fingerprint density at radius 2 is 1.66 bits per heavy atom. The Morgan fingerprint density at radius 3 is 2.28 bits per heavy atom. The second kappa shape index (κ2) is 10.7. The third-order valence-electron chi connectivity index (χ3n) is 4.13. The van der Waals surface area contributed by atoms with Crippen molar-refractivity contribution in [2.75, 3.05) is 30.0 Å². The van der Waals surface area contributed by atoms with E-state index in [2.05, 4.69) is 17.0 Å². The number of carbonyl (C=O) groups excluding carboxylic acids is 1. The van der Waals surface area contributed by atoms with Gasteiger partial charge < -0.3 is 14.8 Å². The fourth-order valence-electron chi connectivity index (χ4n) is 2.68. The van der Waals surface area contributed by atoms with Crippen LogP contribution in [0.5, 0.6) is 11.5 Å². The van der Waals surface area contributed by atoms with Crippen LogP contribution in [-0.4, -0.2) is 34.3 Å². The molecule has 2 aromatic carbocycles. The number of carbonyl (C=O) groups is 1. The van der Waals surface area contributed by atoms with Crippen LogP contribution in [0.4, 0.5) is 11.4 Å². The van der Waals surface area contributed by atoms with Gasteiger partial charge in [0.05, 0.1) is 20.0 Å². The predicted molar refractivity (Wildman–Crippen MR) is 115 cm³/mol. The molecule has 158 valence electrons. The first-order valence-corrected chi connectivity index (χ1v) is 11.4. The van der Waals surface area contributed by atoms with Crippen molar-refractivity contribution in [2.45, 2.75) is 32.6 Å². The van der Waals surface area contributed by atoms with Crippen LogP contribution >= 0.6 is 0 Å². The number of amides is 1. The number of sulfonamides is 1. The molecule has 0 fully saturated rings. The highest BCUT2D eigenvalue weighted by Crippen LogP contribution is 2.29. The first-order valence-electron chi connectivity index (χ1n) is 9.52. The average molecular weight is 421 g/mol. The highest BCUT2D eigenvalue weighted by atomic mass is 32.2. The number of rotatable bonds is 11. The SMILES string of the molecule is CCCCCCOc1ccc(C(=O)Nc2ccc(NS(C)(=O)=O)cc2)cc1OC. The molecule has 8 heteroatoms. The molecule has 0 bridgehead atoms. The zero-order chi connectivity index (χ0) is 21.3. The molecule has 7 nitrogen and oxygen atoms in total. The summed E-state index contributed by atoms with van der Waals surface area (Å²) < 4.78 is 36.0. The topological polar surface area (TPSA) is 93.7 Å². The van der Waals surface area contributed by atoms with Crippen molar-refractivity contribution in [3.63, 3.8) is 0 Å². The van der Waals surface area contributed by atoms with Gasteiger partial charge in [0.1, 0.15) is 0 Å². The molecule has 0 radical (unpaired) electrons. The molecule has 2 aromatic rings. The number of hydrogen-bond acceptors (Lipinski definition) is 5. The van der Waals surface area contributed by atoms with Crippen LogP contribution in [0.3, 0.4) is 0 Å². The van der Waals surface area contributed by atoms with Gasteiger partial charge in [-0.25, -0.2) is 8.42 Å². The molecule has 0 aromatic heterocycles. The van der Waals surface area contributed by atoms with E-state index in [-0.39, 0.29) is 5.91 Å². The van der Waals surface area contributed by atoms with E-state index in [0.717, 1.165) is 19.1 Å². The van der Waals surface area contributed by atoms with Gasteiger partial charge in [-0.05, 0) is 48.9 Å². The van der Waals surface area contributed by atoms with Gasteiger partial charge in [-0.15, -0.1) is 0 Å². The Morgan fingerprint density at radius 1 is 0.966 bits per heavy atom. The zero-order valence-corrected chi connectivity index (χ0v) is 17.8. The largest absolute Gasteiger partial charge is 0.493 e. The summed E-state index contributed by atoms with van der Waals surface area (Å²) in [6, 6.07) is 11.4. The van der Waals surface area contributed by atoms with Crippen molar-refractivity contribution in [2.24, 2.45) is 0 Å². The van der Waals surface area contributed by atoms with Crippen molar-refractivity contribution in [3.8, 4) is 11.5 Å². The molecule has 0 aliphatic rings. The van der Waals surface area contributed by atoms with E-state index in [1.165, 1.54) is 20.0 Å². The number of anilines is 2. The molecule has 0 aliphatic carbocycles. The first-order chi connectivity index (χ1) is 13.8. The van der Waals surface area contributed by atoms with Crippen LogP contribution in [0.2, 0.25) is 0 Å². The minimum Gasteiger partial charge on any atom is -0.493 e. The van der Waals surface area contributed by atoms with Crippen molar-refractivity contribution in [1.29, 1.82) is 0 Å². The number of benzene rings is 2. The summed E-state index contributed by atoms with van der Waals surface area (Å²) in [4.78, 5) is 12.5. The minimum absolute atomic E-state index is 0.304. The molecule has 2 rings (SSSR count). The normalized spacial score (nSPS) is 11.0. The number of nitrogens with one attached hydrogen (secondary N) is 2. The van der Waals surface area contributed by atoms with Crippen LogP contribution in [0.1, 0.15) is 43.0 Å². The second-order valence-corrected chi connectivity index (χ2v) is 8.43. The summed E-state index contributed by atoms with van der Waals surface area (Å²) in [7, 11) is -1.81. The standard InChI is InChI=1S/C21H28N2O5S/c1-4-5-6-7-14-28-19-13-8-16(15-20(19)27-2)21(24)22-17-9-11-18(12-10-17)23-29(3,25)26/h8-13,15,23H,4-7,14H2,1-3H3,(H,22,24). The van der Waals surface area contributed by atoms with Gasteiger partial charge >= 0.3 is 0 Å². The fraction of sp³-hybridized carbons (Fsp3) is 0.381. The number of unbranched alkanes of at least 4 members (excludes halogenated alkanes) is 3. The second-order valence-electron chi connectivity index (χ2n) is 6.68. The molecule has 1 amide bonds. The molecule has 0 aliphatic heterocycles. The van der Waals surface area contributed by atoms with Crippen molar-refractivity contribution < 1.29 is 22.7 Å². The Kier molecular flexibility index (Phi) is 8.33. The summed E-state index contributed by atoms with van der Waals surface area (Å²) in [5, 5.41) is 2.77. The van der Waals surface area contributed by atoms with Crippen LogP contribution in [0.15, 0.2) is 42.5 Å². The van der Waals surface area contributed by atoms with Gasteiger partial charge in [0.15, 0.2) is 11.5 Å². The lowest BCUT2D eigenvalue weighted by Crippen LogP contribution is -2.13.